The average molecular weight is 372 g/mol. The molecule has 27 heavy (non-hydrogen) atoms. The van der Waals surface area contributed by atoms with E-state index in [9.17, 15) is 14.4 Å². The Morgan fingerprint density at radius 1 is 1.22 bits per heavy atom. The molecular weight excluding hydrogens is 348 g/mol. The Bertz CT molecular complexity index is 871. The molecular formula is C19H24N4O4. The van der Waals surface area contributed by atoms with E-state index in [0.717, 1.165) is 10.5 Å². The summed E-state index contributed by atoms with van der Waals surface area (Å²) in [4.78, 5) is 44.5. The van der Waals surface area contributed by atoms with Gasteiger partial charge in [-0.15, -0.1) is 0 Å². The van der Waals surface area contributed by atoms with Gasteiger partial charge in [0, 0.05) is 7.05 Å². The van der Waals surface area contributed by atoms with E-state index in [0.29, 0.717) is 5.69 Å². The number of nitrogens with zero attached hydrogens (tertiary/aromatic N) is 2. The second kappa shape index (κ2) is 8.03. The molecule has 0 saturated heterocycles. The molecule has 0 spiro atoms. The minimum Gasteiger partial charge on any atom is -0.444 e. The van der Waals surface area contributed by atoms with Crippen molar-refractivity contribution < 1.29 is 14.3 Å². The zero-order chi connectivity index (χ0) is 20.2. The summed E-state index contributed by atoms with van der Waals surface area (Å²) >= 11 is 0. The van der Waals surface area contributed by atoms with Gasteiger partial charge in [0.2, 0.25) is 5.91 Å². The van der Waals surface area contributed by atoms with Crippen molar-refractivity contribution in [3.8, 4) is 11.3 Å². The maximum absolute atomic E-state index is 12.4. The van der Waals surface area contributed by atoms with E-state index in [1.807, 2.05) is 30.3 Å². The van der Waals surface area contributed by atoms with E-state index in [1.165, 1.54) is 20.2 Å². The number of H-pyrrole nitrogens is 1. The largest absolute Gasteiger partial charge is 0.444 e. The maximum Gasteiger partial charge on any atom is 0.410 e. The van der Waals surface area contributed by atoms with Crippen molar-refractivity contribution in [3.63, 3.8) is 0 Å². The van der Waals surface area contributed by atoms with Crippen LogP contribution in [0.5, 0.6) is 0 Å². The summed E-state index contributed by atoms with van der Waals surface area (Å²) in [5, 5.41) is 2.44. The van der Waals surface area contributed by atoms with Crippen LogP contribution in [0.1, 0.15) is 27.7 Å². The lowest BCUT2D eigenvalue weighted by Crippen LogP contribution is -2.45. The van der Waals surface area contributed by atoms with Crippen molar-refractivity contribution in [2.75, 3.05) is 12.4 Å². The smallest absolute Gasteiger partial charge is 0.410 e. The van der Waals surface area contributed by atoms with Crippen LogP contribution in [0, 0.1) is 0 Å². The Morgan fingerprint density at radius 2 is 1.85 bits per heavy atom. The Labute approximate surface area is 157 Å². The van der Waals surface area contributed by atoms with Gasteiger partial charge >= 0.3 is 6.09 Å². The van der Waals surface area contributed by atoms with Crippen molar-refractivity contribution >= 4 is 17.8 Å². The summed E-state index contributed by atoms with van der Waals surface area (Å²) in [6.07, 6.45) is 0.834. The molecule has 0 aliphatic carbocycles. The van der Waals surface area contributed by atoms with Gasteiger partial charge in [-0.2, -0.15) is 0 Å². The highest BCUT2D eigenvalue weighted by molar-refractivity contribution is 5.95. The Balaban J connectivity index is 2.09. The summed E-state index contributed by atoms with van der Waals surface area (Å²) in [6.45, 7) is 6.75. The van der Waals surface area contributed by atoms with E-state index >= 15 is 0 Å². The third-order valence-corrected chi connectivity index (χ3v) is 3.75. The first-order valence-corrected chi connectivity index (χ1v) is 8.50. The molecule has 0 aliphatic rings. The van der Waals surface area contributed by atoms with Gasteiger partial charge in [0.25, 0.3) is 5.56 Å². The number of benzene rings is 1. The normalized spacial score (nSPS) is 12.2. The lowest BCUT2D eigenvalue weighted by molar-refractivity contribution is -0.120. The molecule has 0 aliphatic heterocycles. The lowest BCUT2D eigenvalue weighted by atomic mass is 10.2. The van der Waals surface area contributed by atoms with E-state index in [2.05, 4.69) is 15.3 Å². The van der Waals surface area contributed by atoms with E-state index in [4.69, 9.17) is 4.74 Å². The number of carbonyl (C=O) groups excluding carboxylic acids is 2. The standard InChI is InChI=1S/C19H24N4O4/c1-12(23(5)18(26)27-19(2,3)4)16(24)22-15-17(25)21-14(11-20-15)13-9-7-6-8-10-13/h6-12H,1-5H3,(H,21,25)(H,20,22,24)/t12-/m0/s1. The van der Waals surface area contributed by atoms with Gasteiger partial charge in [0.1, 0.15) is 11.6 Å². The molecule has 1 atom stereocenters. The first kappa shape index (κ1) is 20.2. The van der Waals surface area contributed by atoms with Gasteiger partial charge in [-0.3, -0.25) is 14.5 Å². The van der Waals surface area contributed by atoms with E-state index < -0.39 is 29.2 Å². The van der Waals surface area contributed by atoms with E-state index in [1.54, 1.807) is 20.8 Å². The molecule has 0 radical (unpaired) electrons. The van der Waals surface area contributed by atoms with Crippen molar-refractivity contribution in [2.24, 2.45) is 0 Å². The average Bonchev–Trinajstić information content (AvgIpc) is 2.61. The number of hydrogen-bond acceptors (Lipinski definition) is 5. The monoisotopic (exact) mass is 372 g/mol. The lowest BCUT2D eigenvalue weighted by Gasteiger charge is -2.27. The highest BCUT2D eigenvalue weighted by Crippen LogP contribution is 2.14. The number of hydrogen-bond donors (Lipinski definition) is 2. The Hall–Kier alpha value is -3.16. The second-order valence-electron chi connectivity index (χ2n) is 7.10. The number of aromatic amines is 1. The number of nitrogens with one attached hydrogen (secondary N) is 2. The summed E-state index contributed by atoms with van der Waals surface area (Å²) < 4.78 is 5.23. The summed E-state index contributed by atoms with van der Waals surface area (Å²) in [7, 11) is 1.45. The van der Waals surface area contributed by atoms with Crippen LogP contribution in [0.3, 0.4) is 0 Å². The topological polar surface area (TPSA) is 104 Å². The third-order valence-electron chi connectivity index (χ3n) is 3.75. The number of rotatable bonds is 4. The van der Waals surface area contributed by atoms with Crippen molar-refractivity contribution in [3.05, 3.63) is 46.9 Å². The molecule has 8 heteroatoms. The van der Waals surface area contributed by atoms with Crippen LogP contribution in [0.25, 0.3) is 11.3 Å². The van der Waals surface area contributed by atoms with Crippen molar-refractivity contribution in [2.45, 2.75) is 39.3 Å². The van der Waals surface area contributed by atoms with Crippen LogP contribution in [-0.2, 0) is 9.53 Å². The minimum atomic E-state index is -0.852. The maximum atomic E-state index is 12.4. The summed E-state index contributed by atoms with van der Waals surface area (Å²) in [5.74, 6) is -0.682. The van der Waals surface area contributed by atoms with Crippen LogP contribution < -0.4 is 10.9 Å². The van der Waals surface area contributed by atoms with Crippen molar-refractivity contribution in [1.29, 1.82) is 0 Å². The Kier molecular flexibility index (Phi) is 5.99. The molecule has 2 amide bonds. The molecule has 2 rings (SSSR count). The molecule has 1 aromatic heterocycles. The predicted molar refractivity (Wildman–Crippen MR) is 102 cm³/mol. The number of likely N-dealkylation sites (N-methyl/N-ethyl adjacent to an activating group) is 1. The summed E-state index contributed by atoms with van der Waals surface area (Å²) in [6, 6.07) is 8.38. The van der Waals surface area contributed by atoms with Gasteiger partial charge in [-0.1, -0.05) is 30.3 Å². The van der Waals surface area contributed by atoms with Gasteiger partial charge < -0.3 is 15.0 Å². The van der Waals surface area contributed by atoms with E-state index in [-0.39, 0.29) is 5.82 Å². The molecule has 2 aromatic rings. The highest BCUT2D eigenvalue weighted by Gasteiger charge is 2.27. The number of ether oxygens (including phenoxy) is 1. The summed E-state index contributed by atoms with van der Waals surface area (Å²) in [5.41, 5.74) is 0.139. The first-order valence-electron chi connectivity index (χ1n) is 8.50. The number of amides is 2. The van der Waals surface area contributed by atoms with Crippen molar-refractivity contribution in [1.82, 2.24) is 14.9 Å². The molecule has 0 fully saturated rings. The second-order valence-corrected chi connectivity index (χ2v) is 7.10. The fourth-order valence-corrected chi connectivity index (χ4v) is 2.14. The fourth-order valence-electron chi connectivity index (χ4n) is 2.14. The van der Waals surface area contributed by atoms with Crippen LogP contribution >= 0.6 is 0 Å². The van der Waals surface area contributed by atoms with Crippen LogP contribution in [-0.4, -0.2) is 45.6 Å². The SMILES string of the molecule is C[C@@H](C(=O)Nc1ncc(-c2ccccc2)[nH]c1=O)N(C)C(=O)OC(C)(C)C. The molecule has 0 saturated carbocycles. The van der Waals surface area contributed by atoms with Crippen LogP contribution in [0.4, 0.5) is 10.6 Å². The fraction of sp³-hybridized carbons (Fsp3) is 0.368. The quantitative estimate of drug-likeness (QED) is 0.858. The molecule has 0 unspecified atom stereocenters. The highest BCUT2D eigenvalue weighted by atomic mass is 16.6. The van der Waals surface area contributed by atoms with Gasteiger partial charge in [0.15, 0.2) is 5.82 Å². The minimum absolute atomic E-state index is 0.135. The number of anilines is 1. The number of aromatic nitrogens is 2. The molecule has 0 bridgehead atoms. The van der Waals surface area contributed by atoms with Gasteiger partial charge in [-0.25, -0.2) is 9.78 Å². The van der Waals surface area contributed by atoms with Crippen LogP contribution in [0.15, 0.2) is 41.3 Å². The third kappa shape index (κ3) is 5.40. The predicted octanol–water partition coefficient (Wildman–Crippen LogP) is 2.63. The molecule has 2 N–H and O–H groups in total. The van der Waals surface area contributed by atoms with Crippen LogP contribution in [0.2, 0.25) is 0 Å². The number of carbonyl (C=O) groups is 2. The van der Waals surface area contributed by atoms with Gasteiger partial charge in [0.05, 0.1) is 11.9 Å². The molecule has 144 valence electrons. The molecule has 8 nitrogen and oxygen atoms in total. The molecule has 1 heterocycles. The zero-order valence-electron chi connectivity index (χ0n) is 16.1. The zero-order valence-corrected chi connectivity index (χ0v) is 16.1. The Morgan fingerprint density at radius 3 is 2.41 bits per heavy atom. The van der Waals surface area contributed by atoms with Gasteiger partial charge in [-0.05, 0) is 33.3 Å². The first-order chi connectivity index (χ1) is 12.6. The molecule has 1 aromatic carbocycles.